The van der Waals surface area contributed by atoms with Crippen molar-refractivity contribution < 1.29 is 4.74 Å². The normalized spacial score (nSPS) is 11.0. The standard InChI is InChI=1S/C16H28N4O.HI/c1-5-20(3)13-12-19-16(17-2)18-11-10-14-8-6-7-9-15(14)21-4;/h6-9H,5,10-13H2,1-4H3,(H2,17,18,19);1H. The average molecular weight is 420 g/mol. The zero-order valence-electron chi connectivity index (χ0n) is 14.1. The molecule has 0 aliphatic carbocycles. The number of halogens is 1. The van der Waals surface area contributed by atoms with Crippen LogP contribution in [0.4, 0.5) is 0 Å². The van der Waals surface area contributed by atoms with Crippen molar-refractivity contribution in [3.63, 3.8) is 0 Å². The minimum absolute atomic E-state index is 0. The van der Waals surface area contributed by atoms with Crippen molar-refractivity contribution in [2.45, 2.75) is 13.3 Å². The van der Waals surface area contributed by atoms with Crippen molar-refractivity contribution in [3.8, 4) is 5.75 Å². The van der Waals surface area contributed by atoms with Gasteiger partial charge in [0.1, 0.15) is 5.75 Å². The summed E-state index contributed by atoms with van der Waals surface area (Å²) in [6, 6.07) is 8.10. The van der Waals surface area contributed by atoms with E-state index in [9.17, 15) is 0 Å². The van der Waals surface area contributed by atoms with Crippen LogP contribution >= 0.6 is 24.0 Å². The van der Waals surface area contributed by atoms with Gasteiger partial charge in [0.2, 0.25) is 0 Å². The number of para-hydroxylation sites is 1. The van der Waals surface area contributed by atoms with E-state index in [1.807, 2.05) is 18.2 Å². The molecule has 0 aromatic heterocycles. The first kappa shape index (κ1) is 21.0. The van der Waals surface area contributed by atoms with Crippen LogP contribution in [0.3, 0.4) is 0 Å². The van der Waals surface area contributed by atoms with Gasteiger partial charge in [-0.2, -0.15) is 0 Å². The zero-order chi connectivity index (χ0) is 15.5. The molecular weight excluding hydrogens is 391 g/mol. The van der Waals surface area contributed by atoms with E-state index >= 15 is 0 Å². The Morgan fingerprint density at radius 3 is 2.55 bits per heavy atom. The summed E-state index contributed by atoms with van der Waals surface area (Å²) in [7, 11) is 5.61. The number of ether oxygens (including phenoxy) is 1. The third-order valence-electron chi connectivity index (χ3n) is 3.43. The van der Waals surface area contributed by atoms with Gasteiger partial charge < -0.3 is 20.3 Å². The van der Waals surface area contributed by atoms with E-state index in [1.165, 1.54) is 5.56 Å². The van der Waals surface area contributed by atoms with E-state index in [0.29, 0.717) is 0 Å². The molecule has 22 heavy (non-hydrogen) atoms. The Balaban J connectivity index is 0.00000441. The number of guanidine groups is 1. The Labute approximate surface area is 151 Å². The monoisotopic (exact) mass is 420 g/mol. The molecule has 126 valence electrons. The topological polar surface area (TPSA) is 48.9 Å². The van der Waals surface area contributed by atoms with Gasteiger partial charge in [0, 0.05) is 26.7 Å². The van der Waals surface area contributed by atoms with E-state index in [1.54, 1.807) is 14.2 Å². The second kappa shape index (κ2) is 12.5. The SMILES string of the molecule is CCN(C)CCNC(=NC)NCCc1ccccc1OC.I. The van der Waals surface area contributed by atoms with Crippen molar-refractivity contribution in [2.24, 2.45) is 4.99 Å². The molecule has 0 unspecified atom stereocenters. The molecule has 1 aromatic rings. The highest BCUT2D eigenvalue weighted by Gasteiger charge is 2.02. The van der Waals surface area contributed by atoms with Crippen molar-refractivity contribution in [3.05, 3.63) is 29.8 Å². The van der Waals surface area contributed by atoms with Gasteiger partial charge in [-0.1, -0.05) is 25.1 Å². The lowest BCUT2D eigenvalue weighted by molar-refractivity contribution is 0.357. The molecule has 0 atom stereocenters. The highest BCUT2D eigenvalue weighted by atomic mass is 127. The first-order valence-corrected chi connectivity index (χ1v) is 7.46. The molecule has 1 rings (SSSR count). The van der Waals surface area contributed by atoms with Crippen LogP contribution in [-0.2, 0) is 6.42 Å². The molecule has 0 spiro atoms. The number of benzene rings is 1. The maximum absolute atomic E-state index is 5.35. The molecule has 0 saturated heterocycles. The van der Waals surface area contributed by atoms with E-state index < -0.39 is 0 Å². The fourth-order valence-corrected chi connectivity index (χ4v) is 1.97. The number of rotatable bonds is 8. The second-order valence-corrected chi connectivity index (χ2v) is 4.88. The largest absolute Gasteiger partial charge is 0.496 e. The minimum Gasteiger partial charge on any atom is -0.496 e. The lowest BCUT2D eigenvalue weighted by atomic mass is 10.1. The molecule has 6 heteroatoms. The number of aliphatic imine (C=N–C) groups is 1. The van der Waals surface area contributed by atoms with Crippen LogP contribution in [0.15, 0.2) is 29.3 Å². The predicted molar refractivity (Wildman–Crippen MR) is 105 cm³/mol. The molecule has 0 fully saturated rings. The van der Waals surface area contributed by atoms with Gasteiger partial charge in [0.25, 0.3) is 0 Å². The smallest absolute Gasteiger partial charge is 0.191 e. The molecule has 0 heterocycles. The van der Waals surface area contributed by atoms with Gasteiger partial charge in [0.15, 0.2) is 5.96 Å². The maximum Gasteiger partial charge on any atom is 0.191 e. The molecule has 2 N–H and O–H groups in total. The molecular formula is C16H29IN4O. The Morgan fingerprint density at radius 2 is 1.91 bits per heavy atom. The van der Waals surface area contributed by atoms with Gasteiger partial charge in [-0.3, -0.25) is 4.99 Å². The van der Waals surface area contributed by atoms with Crippen LogP contribution in [0.25, 0.3) is 0 Å². The minimum atomic E-state index is 0. The second-order valence-electron chi connectivity index (χ2n) is 4.88. The molecule has 0 bridgehead atoms. The predicted octanol–water partition coefficient (Wildman–Crippen LogP) is 1.97. The maximum atomic E-state index is 5.35. The van der Waals surface area contributed by atoms with Gasteiger partial charge in [-0.15, -0.1) is 24.0 Å². The molecule has 0 saturated carbocycles. The summed E-state index contributed by atoms with van der Waals surface area (Å²) in [5.41, 5.74) is 1.20. The van der Waals surface area contributed by atoms with Gasteiger partial charge in [-0.25, -0.2) is 0 Å². The fraction of sp³-hybridized carbons (Fsp3) is 0.562. The summed E-state index contributed by atoms with van der Waals surface area (Å²) in [5.74, 6) is 1.78. The van der Waals surface area contributed by atoms with Gasteiger partial charge in [0.05, 0.1) is 7.11 Å². The first-order chi connectivity index (χ1) is 10.2. The lowest BCUT2D eigenvalue weighted by Gasteiger charge is -2.16. The van der Waals surface area contributed by atoms with Gasteiger partial charge >= 0.3 is 0 Å². The third-order valence-corrected chi connectivity index (χ3v) is 3.43. The molecule has 0 amide bonds. The zero-order valence-corrected chi connectivity index (χ0v) is 16.4. The molecule has 0 aliphatic rings. The van der Waals surface area contributed by atoms with E-state index in [-0.39, 0.29) is 24.0 Å². The quantitative estimate of drug-likeness (QED) is 0.384. The fourth-order valence-electron chi connectivity index (χ4n) is 1.97. The highest BCUT2D eigenvalue weighted by molar-refractivity contribution is 14.0. The van der Waals surface area contributed by atoms with Crippen LogP contribution in [0.1, 0.15) is 12.5 Å². The first-order valence-electron chi connectivity index (χ1n) is 7.46. The summed E-state index contributed by atoms with van der Waals surface area (Å²) in [6.07, 6.45) is 0.902. The Kier molecular flexibility index (Phi) is 11.9. The van der Waals surface area contributed by atoms with Crippen LogP contribution < -0.4 is 15.4 Å². The Morgan fingerprint density at radius 1 is 1.23 bits per heavy atom. The molecule has 5 nitrogen and oxygen atoms in total. The number of hydrogen-bond acceptors (Lipinski definition) is 3. The van der Waals surface area contributed by atoms with Crippen molar-refractivity contribution >= 4 is 29.9 Å². The molecule has 1 aromatic carbocycles. The number of hydrogen-bond donors (Lipinski definition) is 2. The summed E-state index contributed by atoms with van der Waals surface area (Å²) >= 11 is 0. The van der Waals surface area contributed by atoms with Crippen LogP contribution in [0.5, 0.6) is 5.75 Å². The average Bonchev–Trinajstić information content (AvgIpc) is 2.53. The van der Waals surface area contributed by atoms with Crippen LogP contribution in [0.2, 0.25) is 0 Å². The van der Waals surface area contributed by atoms with Crippen molar-refractivity contribution in [1.29, 1.82) is 0 Å². The van der Waals surface area contributed by atoms with Crippen LogP contribution in [-0.4, -0.2) is 58.2 Å². The number of nitrogens with one attached hydrogen (secondary N) is 2. The molecule has 0 aliphatic heterocycles. The van der Waals surface area contributed by atoms with Crippen molar-refractivity contribution in [1.82, 2.24) is 15.5 Å². The van der Waals surface area contributed by atoms with E-state index in [0.717, 1.165) is 44.3 Å². The summed E-state index contributed by atoms with van der Waals surface area (Å²) in [4.78, 5) is 6.49. The van der Waals surface area contributed by atoms with E-state index in [4.69, 9.17) is 4.74 Å². The van der Waals surface area contributed by atoms with Crippen molar-refractivity contribution in [2.75, 3.05) is 47.4 Å². The lowest BCUT2D eigenvalue weighted by Crippen LogP contribution is -2.41. The number of likely N-dealkylation sites (N-methyl/N-ethyl adjacent to an activating group) is 1. The highest BCUT2D eigenvalue weighted by Crippen LogP contribution is 2.17. The number of methoxy groups -OCH3 is 1. The third kappa shape index (κ3) is 7.84. The summed E-state index contributed by atoms with van der Waals surface area (Å²) < 4.78 is 5.35. The van der Waals surface area contributed by atoms with Gasteiger partial charge in [-0.05, 0) is 31.6 Å². The van der Waals surface area contributed by atoms with Crippen LogP contribution in [0, 0.1) is 0 Å². The van der Waals surface area contributed by atoms with E-state index in [2.05, 4.69) is 40.6 Å². The molecule has 0 radical (unpaired) electrons. The number of nitrogens with zero attached hydrogens (tertiary/aromatic N) is 2. The Bertz CT molecular complexity index is 440. The Hall–Kier alpha value is -1.02. The summed E-state index contributed by atoms with van der Waals surface area (Å²) in [5, 5.41) is 6.64. The summed E-state index contributed by atoms with van der Waals surface area (Å²) in [6.45, 7) is 5.92.